The van der Waals surface area contributed by atoms with E-state index in [1.54, 1.807) is 32.0 Å². The molecule has 0 spiro atoms. The molecule has 0 amide bonds. The van der Waals surface area contributed by atoms with Crippen molar-refractivity contribution in [2.75, 3.05) is 27.9 Å². The molecule has 8 nitrogen and oxygen atoms in total. The van der Waals surface area contributed by atoms with Crippen molar-refractivity contribution in [2.24, 2.45) is 5.73 Å². The lowest BCUT2D eigenvalue weighted by Crippen LogP contribution is -2.29. The zero-order valence-electron chi connectivity index (χ0n) is 16.0. The molecule has 1 atom stereocenters. The van der Waals surface area contributed by atoms with Crippen LogP contribution < -0.4 is 15.2 Å². The highest BCUT2D eigenvalue weighted by Gasteiger charge is 2.40. The molecule has 2 rings (SSSR count). The zero-order valence-corrected chi connectivity index (χ0v) is 16.0. The van der Waals surface area contributed by atoms with Crippen LogP contribution in [0.4, 0.5) is 0 Å². The van der Waals surface area contributed by atoms with E-state index < -0.39 is 17.9 Å². The highest BCUT2D eigenvalue weighted by Crippen LogP contribution is 2.42. The topological polar surface area (TPSA) is 106 Å². The Hall–Kier alpha value is -3.16. The summed E-state index contributed by atoms with van der Waals surface area (Å²) in [5.74, 6) is -1.10. The summed E-state index contributed by atoms with van der Waals surface area (Å²) in [6, 6.07) is 5.05. The molecule has 1 aliphatic rings. The Morgan fingerprint density at radius 2 is 1.74 bits per heavy atom. The van der Waals surface area contributed by atoms with Crippen LogP contribution in [0.1, 0.15) is 25.3 Å². The number of carbonyl (C=O) groups excluding carboxylic acids is 2. The van der Waals surface area contributed by atoms with E-state index in [1.807, 2.05) is 0 Å². The van der Waals surface area contributed by atoms with Gasteiger partial charge in [-0.15, -0.1) is 0 Å². The standard InChI is InChI=1S/C19H23NO7/c1-6-26-19(22)14-10(2)27-17(20)16(18(21)25-5)15(14)11-7-8-12(23-3)13(9-11)24-4/h7-9,15H,6,20H2,1-5H3. The number of carbonyl (C=O) groups is 2. The quantitative estimate of drug-likeness (QED) is 0.750. The van der Waals surface area contributed by atoms with Gasteiger partial charge in [-0.3, -0.25) is 0 Å². The lowest BCUT2D eigenvalue weighted by molar-refractivity contribution is -0.139. The van der Waals surface area contributed by atoms with Crippen molar-refractivity contribution in [1.82, 2.24) is 0 Å². The fraction of sp³-hybridized carbons (Fsp3) is 0.368. The Balaban J connectivity index is 2.70. The van der Waals surface area contributed by atoms with Gasteiger partial charge in [-0.05, 0) is 31.5 Å². The number of allylic oxidation sites excluding steroid dienone is 1. The predicted octanol–water partition coefficient (Wildman–Crippen LogP) is 2.00. The summed E-state index contributed by atoms with van der Waals surface area (Å²) in [4.78, 5) is 25.0. The molecule has 0 radical (unpaired) electrons. The summed E-state index contributed by atoms with van der Waals surface area (Å²) in [5, 5.41) is 0. The minimum atomic E-state index is -0.843. The first-order chi connectivity index (χ1) is 12.9. The van der Waals surface area contributed by atoms with Crippen molar-refractivity contribution >= 4 is 11.9 Å². The SMILES string of the molecule is CCOC(=O)C1=C(C)OC(N)=C(C(=O)OC)C1c1ccc(OC)c(OC)c1. The summed E-state index contributed by atoms with van der Waals surface area (Å²) in [5.41, 5.74) is 6.70. The number of esters is 2. The third kappa shape index (κ3) is 3.84. The average Bonchev–Trinajstić information content (AvgIpc) is 2.66. The second kappa shape index (κ2) is 8.48. The van der Waals surface area contributed by atoms with Gasteiger partial charge in [-0.2, -0.15) is 0 Å². The molecule has 0 aromatic heterocycles. The molecule has 8 heteroatoms. The molecule has 2 N–H and O–H groups in total. The van der Waals surface area contributed by atoms with E-state index in [2.05, 4.69) is 0 Å². The van der Waals surface area contributed by atoms with Crippen LogP contribution in [0, 0.1) is 0 Å². The Morgan fingerprint density at radius 3 is 2.30 bits per heavy atom. The van der Waals surface area contributed by atoms with Gasteiger partial charge in [0.25, 0.3) is 0 Å². The minimum Gasteiger partial charge on any atom is -0.493 e. The average molecular weight is 377 g/mol. The molecule has 1 aliphatic heterocycles. The number of benzene rings is 1. The third-order valence-electron chi connectivity index (χ3n) is 4.13. The molecule has 1 aromatic rings. The van der Waals surface area contributed by atoms with Gasteiger partial charge in [0.2, 0.25) is 5.88 Å². The van der Waals surface area contributed by atoms with Gasteiger partial charge in [-0.1, -0.05) is 6.07 Å². The lowest BCUT2D eigenvalue weighted by atomic mass is 9.82. The summed E-state index contributed by atoms with van der Waals surface area (Å²) in [7, 11) is 4.23. The first-order valence-electron chi connectivity index (χ1n) is 8.25. The second-order valence-electron chi connectivity index (χ2n) is 5.61. The molecule has 0 saturated carbocycles. The fourth-order valence-corrected chi connectivity index (χ4v) is 2.93. The first kappa shape index (κ1) is 20.2. The van der Waals surface area contributed by atoms with Gasteiger partial charge in [0.1, 0.15) is 11.3 Å². The lowest BCUT2D eigenvalue weighted by Gasteiger charge is -2.28. The molecule has 0 bridgehead atoms. The molecular weight excluding hydrogens is 354 g/mol. The number of ether oxygens (including phenoxy) is 5. The maximum absolute atomic E-state index is 12.6. The van der Waals surface area contributed by atoms with Gasteiger partial charge < -0.3 is 29.4 Å². The van der Waals surface area contributed by atoms with Crippen LogP contribution in [0.3, 0.4) is 0 Å². The van der Waals surface area contributed by atoms with Crippen molar-refractivity contribution in [3.05, 3.63) is 46.6 Å². The van der Waals surface area contributed by atoms with Crippen LogP contribution in [0.15, 0.2) is 41.0 Å². The molecule has 1 unspecified atom stereocenters. The van der Waals surface area contributed by atoms with Crippen LogP contribution in [-0.2, 0) is 23.8 Å². The monoisotopic (exact) mass is 377 g/mol. The Morgan fingerprint density at radius 1 is 1.07 bits per heavy atom. The summed E-state index contributed by atoms with van der Waals surface area (Å²) in [6.07, 6.45) is 0. The fourth-order valence-electron chi connectivity index (χ4n) is 2.93. The maximum Gasteiger partial charge on any atom is 0.340 e. The van der Waals surface area contributed by atoms with Crippen LogP contribution in [-0.4, -0.2) is 39.9 Å². The number of hydrogen-bond acceptors (Lipinski definition) is 8. The van der Waals surface area contributed by atoms with E-state index in [9.17, 15) is 9.59 Å². The number of methoxy groups -OCH3 is 3. The second-order valence-corrected chi connectivity index (χ2v) is 5.61. The molecular formula is C19H23NO7. The van der Waals surface area contributed by atoms with E-state index in [0.717, 1.165) is 0 Å². The van der Waals surface area contributed by atoms with E-state index in [1.165, 1.54) is 21.3 Å². The molecule has 0 aliphatic carbocycles. The van der Waals surface area contributed by atoms with Gasteiger partial charge in [0, 0.05) is 0 Å². The molecule has 1 aromatic carbocycles. The van der Waals surface area contributed by atoms with Crippen molar-refractivity contribution in [3.63, 3.8) is 0 Å². The minimum absolute atomic E-state index is 0.0124. The molecule has 27 heavy (non-hydrogen) atoms. The summed E-state index contributed by atoms with van der Waals surface area (Å²) < 4.78 is 26.0. The largest absolute Gasteiger partial charge is 0.493 e. The zero-order chi connectivity index (χ0) is 20.1. The van der Waals surface area contributed by atoms with Gasteiger partial charge in [-0.25, -0.2) is 9.59 Å². The van der Waals surface area contributed by atoms with Gasteiger partial charge >= 0.3 is 11.9 Å². The summed E-state index contributed by atoms with van der Waals surface area (Å²) >= 11 is 0. The van der Waals surface area contributed by atoms with E-state index in [0.29, 0.717) is 17.1 Å². The maximum atomic E-state index is 12.6. The van der Waals surface area contributed by atoms with Crippen molar-refractivity contribution in [2.45, 2.75) is 19.8 Å². The van der Waals surface area contributed by atoms with E-state index in [-0.39, 0.29) is 29.4 Å². The van der Waals surface area contributed by atoms with E-state index >= 15 is 0 Å². The Bertz CT molecular complexity index is 810. The molecule has 1 heterocycles. The first-order valence-corrected chi connectivity index (χ1v) is 8.25. The Labute approximate surface area is 157 Å². The molecule has 146 valence electrons. The molecule has 0 fully saturated rings. The smallest absolute Gasteiger partial charge is 0.340 e. The number of nitrogens with two attached hydrogens (primary N) is 1. The van der Waals surface area contributed by atoms with Crippen molar-refractivity contribution in [1.29, 1.82) is 0 Å². The van der Waals surface area contributed by atoms with Crippen molar-refractivity contribution in [3.8, 4) is 11.5 Å². The Kier molecular flexibility index (Phi) is 6.33. The van der Waals surface area contributed by atoms with Crippen LogP contribution in [0.2, 0.25) is 0 Å². The molecule has 0 saturated heterocycles. The highest BCUT2D eigenvalue weighted by molar-refractivity contribution is 5.99. The van der Waals surface area contributed by atoms with E-state index in [4.69, 9.17) is 29.4 Å². The third-order valence-corrected chi connectivity index (χ3v) is 4.13. The number of rotatable bonds is 6. The highest BCUT2D eigenvalue weighted by atomic mass is 16.5. The summed E-state index contributed by atoms with van der Waals surface area (Å²) in [6.45, 7) is 3.44. The van der Waals surface area contributed by atoms with Crippen LogP contribution in [0.25, 0.3) is 0 Å². The van der Waals surface area contributed by atoms with Crippen LogP contribution in [0.5, 0.6) is 11.5 Å². The predicted molar refractivity (Wildman–Crippen MR) is 95.9 cm³/mol. The van der Waals surface area contributed by atoms with Gasteiger partial charge in [0.05, 0.1) is 39.4 Å². The van der Waals surface area contributed by atoms with Gasteiger partial charge in [0.15, 0.2) is 11.5 Å². The normalized spacial score (nSPS) is 16.6. The van der Waals surface area contributed by atoms with Crippen molar-refractivity contribution < 1.29 is 33.3 Å². The van der Waals surface area contributed by atoms with Crippen LogP contribution >= 0.6 is 0 Å². The number of hydrogen-bond donors (Lipinski definition) is 1.